The lowest BCUT2D eigenvalue weighted by Crippen LogP contribution is -2.32. The summed E-state index contributed by atoms with van der Waals surface area (Å²) in [6.45, 7) is 0.766. The molecule has 1 aliphatic rings. The molecule has 0 spiro atoms. The van der Waals surface area contributed by atoms with Crippen LogP contribution in [0, 0.1) is 0 Å². The summed E-state index contributed by atoms with van der Waals surface area (Å²) in [4.78, 5) is 14.5. The molecule has 1 aliphatic carbocycles. The fourth-order valence-corrected chi connectivity index (χ4v) is 2.80. The lowest BCUT2D eigenvalue weighted by atomic mass is 10.1. The molecule has 128 valence electrons. The topological polar surface area (TPSA) is 25.2 Å². The SMILES string of the molecule is Cn1cccc1C(=O)CN(Cc1ccc(C(F)(F)F)cc1)C1CC1. The van der Waals surface area contributed by atoms with E-state index < -0.39 is 11.7 Å². The third kappa shape index (κ3) is 3.87. The highest BCUT2D eigenvalue weighted by atomic mass is 19.4. The van der Waals surface area contributed by atoms with Crippen LogP contribution in [0.1, 0.15) is 34.5 Å². The second kappa shape index (κ2) is 6.43. The Bertz CT molecular complexity index is 715. The predicted octanol–water partition coefficient (Wildman–Crippen LogP) is 3.89. The molecule has 0 amide bonds. The molecule has 0 unspecified atom stereocenters. The maximum atomic E-state index is 12.6. The van der Waals surface area contributed by atoms with Gasteiger partial charge in [0, 0.05) is 25.8 Å². The van der Waals surface area contributed by atoms with Gasteiger partial charge in [-0.2, -0.15) is 13.2 Å². The van der Waals surface area contributed by atoms with Crippen molar-refractivity contribution in [1.29, 1.82) is 0 Å². The minimum atomic E-state index is -4.32. The number of ketones is 1. The Balaban J connectivity index is 1.68. The van der Waals surface area contributed by atoms with E-state index in [0.717, 1.165) is 30.5 Å². The molecule has 1 aromatic heterocycles. The third-order valence-electron chi connectivity index (χ3n) is 4.31. The second-order valence-corrected chi connectivity index (χ2v) is 6.26. The largest absolute Gasteiger partial charge is 0.416 e. The summed E-state index contributed by atoms with van der Waals surface area (Å²) >= 11 is 0. The van der Waals surface area contributed by atoms with Gasteiger partial charge in [0.1, 0.15) is 0 Å². The summed E-state index contributed by atoms with van der Waals surface area (Å²) in [6, 6.07) is 9.13. The van der Waals surface area contributed by atoms with Gasteiger partial charge in [-0.15, -0.1) is 0 Å². The van der Waals surface area contributed by atoms with Crippen LogP contribution in [0.25, 0.3) is 0 Å². The molecule has 0 N–H and O–H groups in total. The Hall–Kier alpha value is -2.08. The van der Waals surface area contributed by atoms with Gasteiger partial charge in [0.05, 0.1) is 17.8 Å². The van der Waals surface area contributed by atoms with E-state index in [1.54, 1.807) is 10.6 Å². The highest BCUT2D eigenvalue weighted by Crippen LogP contribution is 2.31. The number of hydrogen-bond acceptors (Lipinski definition) is 2. The quantitative estimate of drug-likeness (QED) is 0.748. The van der Waals surface area contributed by atoms with E-state index in [4.69, 9.17) is 0 Å². The highest BCUT2D eigenvalue weighted by molar-refractivity contribution is 5.96. The smallest absolute Gasteiger partial charge is 0.348 e. The summed E-state index contributed by atoms with van der Waals surface area (Å²) in [5, 5.41) is 0. The van der Waals surface area contributed by atoms with Crippen LogP contribution < -0.4 is 0 Å². The Morgan fingerprint density at radius 2 is 1.88 bits per heavy atom. The van der Waals surface area contributed by atoms with E-state index in [1.807, 2.05) is 19.3 Å². The number of hydrogen-bond donors (Lipinski definition) is 0. The van der Waals surface area contributed by atoms with Gasteiger partial charge in [-0.3, -0.25) is 9.69 Å². The maximum Gasteiger partial charge on any atom is 0.416 e. The van der Waals surface area contributed by atoms with Crippen LogP contribution in [0.15, 0.2) is 42.6 Å². The molecule has 6 heteroatoms. The number of alkyl halides is 3. The normalized spacial score (nSPS) is 15.0. The van der Waals surface area contributed by atoms with Crippen molar-refractivity contribution in [2.75, 3.05) is 6.54 Å². The molecule has 1 aromatic carbocycles. The molecular formula is C18H19F3N2O. The zero-order valence-corrected chi connectivity index (χ0v) is 13.4. The molecule has 0 atom stereocenters. The van der Waals surface area contributed by atoms with Crippen molar-refractivity contribution in [3.05, 3.63) is 59.4 Å². The molecule has 3 nitrogen and oxygen atoms in total. The predicted molar refractivity (Wildman–Crippen MR) is 84.6 cm³/mol. The van der Waals surface area contributed by atoms with E-state index in [-0.39, 0.29) is 12.3 Å². The van der Waals surface area contributed by atoms with E-state index in [1.165, 1.54) is 12.1 Å². The highest BCUT2D eigenvalue weighted by Gasteiger charge is 2.32. The first-order valence-electron chi connectivity index (χ1n) is 7.89. The van der Waals surface area contributed by atoms with Crippen LogP contribution in [-0.2, 0) is 19.8 Å². The van der Waals surface area contributed by atoms with Crippen LogP contribution in [-0.4, -0.2) is 27.8 Å². The van der Waals surface area contributed by atoms with E-state index in [2.05, 4.69) is 4.90 Å². The summed E-state index contributed by atoms with van der Waals surface area (Å²) in [5.74, 6) is 0.0290. The van der Waals surface area contributed by atoms with Crippen molar-refractivity contribution in [3.8, 4) is 0 Å². The maximum absolute atomic E-state index is 12.6. The fraction of sp³-hybridized carbons (Fsp3) is 0.389. The van der Waals surface area contributed by atoms with Crippen LogP contribution >= 0.6 is 0 Å². The average molecular weight is 336 g/mol. The van der Waals surface area contributed by atoms with E-state index in [9.17, 15) is 18.0 Å². The first-order valence-corrected chi connectivity index (χ1v) is 7.89. The molecule has 0 radical (unpaired) electrons. The molecule has 0 bridgehead atoms. The number of halogens is 3. The minimum Gasteiger partial charge on any atom is -0.348 e. The van der Waals surface area contributed by atoms with Crippen molar-refractivity contribution in [2.45, 2.75) is 31.6 Å². The van der Waals surface area contributed by atoms with Crippen molar-refractivity contribution in [3.63, 3.8) is 0 Å². The summed E-state index contributed by atoms with van der Waals surface area (Å²) in [7, 11) is 1.82. The standard InChI is InChI=1S/C18H19F3N2O/c1-22-10-2-3-16(22)17(24)12-23(15-8-9-15)11-13-4-6-14(7-5-13)18(19,20)21/h2-7,10,15H,8-9,11-12H2,1H3. The van der Waals surface area contributed by atoms with Gasteiger partial charge in [-0.1, -0.05) is 12.1 Å². The lowest BCUT2D eigenvalue weighted by molar-refractivity contribution is -0.137. The Kier molecular flexibility index (Phi) is 4.49. The van der Waals surface area contributed by atoms with Crippen LogP contribution in [0.4, 0.5) is 13.2 Å². The Morgan fingerprint density at radius 3 is 2.38 bits per heavy atom. The molecule has 0 aliphatic heterocycles. The number of Topliss-reactive ketones (excluding diaryl/α,β-unsaturated/α-hetero) is 1. The number of rotatable bonds is 6. The molecule has 1 heterocycles. The van der Waals surface area contributed by atoms with Crippen molar-refractivity contribution >= 4 is 5.78 Å². The number of benzene rings is 1. The Labute approximate surface area is 138 Å². The van der Waals surface area contributed by atoms with Crippen LogP contribution in [0.3, 0.4) is 0 Å². The summed E-state index contributed by atoms with van der Waals surface area (Å²) < 4.78 is 39.7. The zero-order chi connectivity index (χ0) is 17.3. The first kappa shape index (κ1) is 16.8. The molecule has 24 heavy (non-hydrogen) atoms. The van der Waals surface area contributed by atoms with Gasteiger partial charge in [0.15, 0.2) is 5.78 Å². The van der Waals surface area contributed by atoms with Crippen LogP contribution in [0.2, 0.25) is 0 Å². The number of aryl methyl sites for hydroxylation is 1. The number of aromatic nitrogens is 1. The summed E-state index contributed by atoms with van der Waals surface area (Å²) in [6.07, 6.45) is -0.441. The fourth-order valence-electron chi connectivity index (χ4n) is 2.80. The van der Waals surface area contributed by atoms with Gasteiger partial charge in [-0.05, 0) is 42.7 Å². The number of carbonyl (C=O) groups excluding carboxylic acids is 1. The molecule has 1 saturated carbocycles. The number of carbonyl (C=O) groups is 1. The summed E-state index contributed by atoms with van der Waals surface area (Å²) in [5.41, 5.74) is 0.784. The Morgan fingerprint density at radius 1 is 1.21 bits per heavy atom. The van der Waals surface area contributed by atoms with Crippen molar-refractivity contribution in [2.24, 2.45) is 7.05 Å². The molecule has 2 aromatic rings. The molecule has 3 rings (SSSR count). The zero-order valence-electron chi connectivity index (χ0n) is 13.4. The molecular weight excluding hydrogens is 317 g/mol. The molecule has 0 saturated heterocycles. The minimum absolute atomic E-state index is 0.0290. The number of nitrogens with zero attached hydrogens (tertiary/aromatic N) is 2. The molecule has 1 fully saturated rings. The second-order valence-electron chi connectivity index (χ2n) is 6.26. The lowest BCUT2D eigenvalue weighted by Gasteiger charge is -2.21. The average Bonchev–Trinajstić information content (AvgIpc) is 3.28. The first-order chi connectivity index (χ1) is 11.3. The van der Waals surface area contributed by atoms with Gasteiger partial charge < -0.3 is 4.57 Å². The van der Waals surface area contributed by atoms with Gasteiger partial charge >= 0.3 is 6.18 Å². The van der Waals surface area contributed by atoms with Gasteiger partial charge in [-0.25, -0.2) is 0 Å². The third-order valence-corrected chi connectivity index (χ3v) is 4.31. The van der Waals surface area contributed by atoms with Crippen LogP contribution in [0.5, 0.6) is 0 Å². The van der Waals surface area contributed by atoms with E-state index >= 15 is 0 Å². The van der Waals surface area contributed by atoms with Gasteiger partial charge in [0.2, 0.25) is 0 Å². The van der Waals surface area contributed by atoms with Gasteiger partial charge in [0.25, 0.3) is 0 Å². The van der Waals surface area contributed by atoms with Crippen molar-refractivity contribution < 1.29 is 18.0 Å². The van der Waals surface area contributed by atoms with Crippen molar-refractivity contribution in [1.82, 2.24) is 9.47 Å². The van der Waals surface area contributed by atoms with E-state index in [0.29, 0.717) is 18.3 Å². The monoisotopic (exact) mass is 336 g/mol.